The van der Waals surface area contributed by atoms with Crippen LogP contribution in [0, 0.1) is 0 Å². The van der Waals surface area contributed by atoms with E-state index in [1.165, 1.54) is 0 Å². The topological polar surface area (TPSA) is 47.7 Å². The van der Waals surface area contributed by atoms with Gasteiger partial charge in [-0.05, 0) is 38.5 Å². The fraction of sp³-hybridized carbons (Fsp3) is 0.625. The Hall–Kier alpha value is -1.10. The van der Waals surface area contributed by atoms with Crippen LogP contribution in [-0.2, 0) is 4.74 Å². The highest BCUT2D eigenvalue weighted by atomic mass is 16.5. The molecule has 2 N–H and O–H groups in total. The summed E-state index contributed by atoms with van der Waals surface area (Å²) in [6.07, 6.45) is 0.152. The van der Waals surface area contributed by atoms with Gasteiger partial charge in [-0.25, -0.2) is 0 Å². The molecule has 1 unspecified atom stereocenters. The molecule has 20 heavy (non-hydrogen) atoms. The molecule has 2 rings (SSSR count). The van der Waals surface area contributed by atoms with E-state index >= 15 is 0 Å². The highest BCUT2D eigenvalue weighted by Gasteiger charge is 2.22. The van der Waals surface area contributed by atoms with Gasteiger partial charge in [-0.2, -0.15) is 0 Å². The molecule has 1 saturated heterocycles. The first-order valence-electron chi connectivity index (χ1n) is 7.40. The molecule has 1 aliphatic rings. The summed E-state index contributed by atoms with van der Waals surface area (Å²) in [4.78, 5) is 2.43. The van der Waals surface area contributed by atoms with E-state index in [0.717, 1.165) is 31.0 Å². The third kappa shape index (κ3) is 4.20. The second-order valence-corrected chi connectivity index (χ2v) is 5.75. The average Bonchev–Trinajstić information content (AvgIpc) is 2.46. The first-order valence-corrected chi connectivity index (χ1v) is 7.40. The minimum absolute atomic E-state index is 0.0605. The summed E-state index contributed by atoms with van der Waals surface area (Å²) in [5, 5.41) is 0. The van der Waals surface area contributed by atoms with Crippen LogP contribution in [-0.4, -0.2) is 43.3 Å². The van der Waals surface area contributed by atoms with Crippen LogP contribution in [0.2, 0.25) is 0 Å². The van der Waals surface area contributed by atoms with Crippen LogP contribution in [0.5, 0.6) is 5.75 Å². The second-order valence-electron chi connectivity index (χ2n) is 5.75. The highest BCUT2D eigenvalue weighted by Crippen LogP contribution is 2.17. The molecule has 0 aliphatic carbocycles. The molecule has 4 heteroatoms. The van der Waals surface area contributed by atoms with Crippen LogP contribution in [0.3, 0.4) is 0 Å². The van der Waals surface area contributed by atoms with E-state index in [1.54, 1.807) is 0 Å². The maximum atomic E-state index is 5.83. The normalized spacial score (nSPS) is 21.9. The Bertz CT molecular complexity index is 403. The van der Waals surface area contributed by atoms with Gasteiger partial charge in [0.25, 0.3) is 0 Å². The van der Waals surface area contributed by atoms with E-state index < -0.39 is 0 Å². The zero-order valence-corrected chi connectivity index (χ0v) is 12.7. The van der Waals surface area contributed by atoms with Gasteiger partial charge in [-0.3, -0.25) is 4.90 Å². The minimum Gasteiger partial charge on any atom is -0.491 e. The molecule has 1 aliphatic heterocycles. The molecule has 0 saturated carbocycles. The lowest BCUT2D eigenvalue weighted by atomic mass is 10.1. The zero-order valence-electron chi connectivity index (χ0n) is 12.7. The predicted molar refractivity (Wildman–Crippen MR) is 81.0 cm³/mol. The van der Waals surface area contributed by atoms with E-state index in [4.69, 9.17) is 15.2 Å². The monoisotopic (exact) mass is 278 g/mol. The molecule has 0 bridgehead atoms. The van der Waals surface area contributed by atoms with Crippen molar-refractivity contribution < 1.29 is 9.47 Å². The molecule has 2 atom stereocenters. The first-order chi connectivity index (χ1) is 9.56. The van der Waals surface area contributed by atoms with E-state index in [0.29, 0.717) is 12.6 Å². The van der Waals surface area contributed by atoms with Crippen molar-refractivity contribution in [3.05, 3.63) is 29.8 Å². The lowest BCUT2D eigenvalue weighted by molar-refractivity contribution is -0.0564. The second kappa shape index (κ2) is 7.07. The summed E-state index contributed by atoms with van der Waals surface area (Å²) >= 11 is 0. The summed E-state index contributed by atoms with van der Waals surface area (Å²) in [5.74, 6) is 0.875. The van der Waals surface area contributed by atoms with Crippen LogP contribution in [0.25, 0.3) is 0 Å². The van der Waals surface area contributed by atoms with Gasteiger partial charge in [0.15, 0.2) is 0 Å². The number of rotatable bonds is 5. The third-order valence-electron chi connectivity index (χ3n) is 3.74. The molecule has 1 heterocycles. The summed E-state index contributed by atoms with van der Waals surface area (Å²) in [6.45, 7) is 9.75. The molecule has 1 fully saturated rings. The van der Waals surface area contributed by atoms with Crippen molar-refractivity contribution >= 4 is 0 Å². The maximum absolute atomic E-state index is 5.83. The first kappa shape index (κ1) is 15.3. The van der Waals surface area contributed by atoms with Gasteiger partial charge in [0, 0.05) is 25.2 Å². The number of ether oxygens (including phenoxy) is 2. The Morgan fingerprint density at radius 1 is 1.30 bits per heavy atom. The minimum atomic E-state index is 0.0605. The van der Waals surface area contributed by atoms with Crippen molar-refractivity contribution in [3.8, 4) is 5.75 Å². The van der Waals surface area contributed by atoms with Crippen LogP contribution in [0.4, 0.5) is 0 Å². The molecular formula is C16H26N2O2. The summed E-state index contributed by atoms with van der Waals surface area (Å²) in [6, 6.07) is 8.60. The Balaban J connectivity index is 1.82. The lowest BCUT2D eigenvalue weighted by Crippen LogP contribution is -2.47. The maximum Gasteiger partial charge on any atom is 0.119 e. The van der Waals surface area contributed by atoms with Crippen LogP contribution >= 0.6 is 0 Å². The van der Waals surface area contributed by atoms with Gasteiger partial charge < -0.3 is 15.2 Å². The van der Waals surface area contributed by atoms with E-state index in [-0.39, 0.29) is 12.1 Å². The van der Waals surface area contributed by atoms with Crippen molar-refractivity contribution in [1.82, 2.24) is 4.90 Å². The number of morpholine rings is 1. The van der Waals surface area contributed by atoms with Gasteiger partial charge in [-0.15, -0.1) is 0 Å². The van der Waals surface area contributed by atoms with Gasteiger partial charge in [-0.1, -0.05) is 12.1 Å². The van der Waals surface area contributed by atoms with E-state index in [2.05, 4.69) is 18.7 Å². The standard InChI is InChI=1S/C16H26N2O2/c1-12(2)18-8-9-19-16(10-18)11-20-15-6-4-14(5-7-15)13(3)17/h4-7,12-13,16H,8-11,17H2,1-3H3/t13-,16?/m0/s1. The zero-order chi connectivity index (χ0) is 14.5. The highest BCUT2D eigenvalue weighted by molar-refractivity contribution is 5.28. The smallest absolute Gasteiger partial charge is 0.119 e. The number of nitrogens with zero attached hydrogens (tertiary/aromatic N) is 1. The Morgan fingerprint density at radius 3 is 2.60 bits per heavy atom. The molecule has 0 radical (unpaired) electrons. The summed E-state index contributed by atoms with van der Waals surface area (Å²) < 4.78 is 11.6. The number of benzene rings is 1. The Labute approximate surface area is 121 Å². The molecule has 4 nitrogen and oxygen atoms in total. The van der Waals surface area contributed by atoms with E-state index in [9.17, 15) is 0 Å². The molecule has 0 amide bonds. The summed E-state index contributed by atoms with van der Waals surface area (Å²) in [7, 11) is 0. The van der Waals surface area contributed by atoms with Crippen LogP contribution in [0.15, 0.2) is 24.3 Å². The summed E-state index contributed by atoms with van der Waals surface area (Å²) in [5.41, 5.74) is 6.95. The number of hydrogen-bond acceptors (Lipinski definition) is 4. The van der Waals surface area contributed by atoms with Crippen molar-refractivity contribution in [1.29, 1.82) is 0 Å². The van der Waals surface area contributed by atoms with Gasteiger partial charge in [0.1, 0.15) is 18.5 Å². The quantitative estimate of drug-likeness (QED) is 0.897. The van der Waals surface area contributed by atoms with Crippen molar-refractivity contribution in [2.45, 2.75) is 39.0 Å². The van der Waals surface area contributed by atoms with Crippen molar-refractivity contribution in [3.63, 3.8) is 0 Å². The SMILES string of the molecule is CC(C)N1CCOC(COc2ccc([C@H](C)N)cc2)C1. The lowest BCUT2D eigenvalue weighted by Gasteiger charge is -2.35. The molecule has 1 aromatic rings. The molecule has 0 aromatic heterocycles. The molecule has 1 aromatic carbocycles. The van der Waals surface area contributed by atoms with Gasteiger partial charge in [0.05, 0.1) is 6.61 Å². The molecule has 112 valence electrons. The average molecular weight is 278 g/mol. The van der Waals surface area contributed by atoms with Gasteiger partial charge >= 0.3 is 0 Å². The van der Waals surface area contributed by atoms with E-state index in [1.807, 2.05) is 31.2 Å². The third-order valence-corrected chi connectivity index (χ3v) is 3.74. The number of hydrogen-bond donors (Lipinski definition) is 1. The van der Waals surface area contributed by atoms with Crippen molar-refractivity contribution in [2.24, 2.45) is 5.73 Å². The number of nitrogens with two attached hydrogens (primary N) is 1. The Kier molecular flexibility index (Phi) is 5.40. The Morgan fingerprint density at radius 2 is 2.00 bits per heavy atom. The predicted octanol–water partition coefficient (Wildman–Crippen LogP) is 2.19. The van der Waals surface area contributed by atoms with Crippen LogP contribution < -0.4 is 10.5 Å². The molecule has 0 spiro atoms. The van der Waals surface area contributed by atoms with Crippen molar-refractivity contribution in [2.75, 3.05) is 26.3 Å². The van der Waals surface area contributed by atoms with Crippen LogP contribution in [0.1, 0.15) is 32.4 Å². The largest absolute Gasteiger partial charge is 0.491 e. The fourth-order valence-corrected chi connectivity index (χ4v) is 2.37. The molecular weight excluding hydrogens is 252 g/mol. The fourth-order valence-electron chi connectivity index (χ4n) is 2.37. The van der Waals surface area contributed by atoms with Gasteiger partial charge in [0.2, 0.25) is 0 Å².